The van der Waals surface area contributed by atoms with E-state index in [0.29, 0.717) is 17.4 Å². The van der Waals surface area contributed by atoms with Gasteiger partial charge in [-0.2, -0.15) is 0 Å². The Hall–Kier alpha value is -1.69. The first-order valence-corrected chi connectivity index (χ1v) is 9.43. The molecular formula is C18H27N3O2S. The lowest BCUT2D eigenvalue weighted by molar-refractivity contribution is -0.123. The minimum Gasteiger partial charge on any atom is -0.355 e. The van der Waals surface area contributed by atoms with E-state index >= 15 is 0 Å². The molecule has 0 fully saturated rings. The largest absolute Gasteiger partial charge is 0.355 e. The maximum absolute atomic E-state index is 12.0. The SMILES string of the molecule is CC(C)(C)C(=O)Nc1nc(CC(=O)NCCC2=CCCCC2)cs1. The third-order valence-electron chi connectivity index (χ3n) is 3.95. The summed E-state index contributed by atoms with van der Waals surface area (Å²) >= 11 is 1.35. The summed E-state index contributed by atoms with van der Waals surface area (Å²) in [5, 5.41) is 8.11. The van der Waals surface area contributed by atoms with E-state index in [4.69, 9.17) is 0 Å². The lowest BCUT2D eigenvalue weighted by Crippen LogP contribution is -2.28. The molecule has 5 nitrogen and oxygen atoms in total. The number of rotatable bonds is 6. The third kappa shape index (κ3) is 6.07. The number of allylic oxidation sites excluding steroid dienone is 1. The minimum absolute atomic E-state index is 0.0228. The van der Waals surface area contributed by atoms with E-state index in [1.807, 2.05) is 26.2 Å². The number of hydrogen-bond acceptors (Lipinski definition) is 4. The summed E-state index contributed by atoms with van der Waals surface area (Å²) in [5.41, 5.74) is 1.69. The van der Waals surface area contributed by atoms with Gasteiger partial charge in [0.15, 0.2) is 5.13 Å². The maximum atomic E-state index is 12.0. The van der Waals surface area contributed by atoms with Crippen LogP contribution in [0.2, 0.25) is 0 Å². The summed E-state index contributed by atoms with van der Waals surface area (Å²) in [6.45, 7) is 6.24. The Bertz CT molecular complexity index is 614. The highest BCUT2D eigenvalue weighted by molar-refractivity contribution is 7.13. The molecule has 0 saturated carbocycles. The lowest BCUT2D eigenvalue weighted by Gasteiger charge is -2.15. The molecule has 0 spiro atoms. The molecule has 132 valence electrons. The fourth-order valence-electron chi connectivity index (χ4n) is 2.45. The van der Waals surface area contributed by atoms with Crippen molar-refractivity contribution in [2.45, 2.75) is 59.3 Å². The Balaban J connectivity index is 1.74. The number of amides is 2. The van der Waals surface area contributed by atoms with E-state index in [0.717, 1.165) is 6.42 Å². The van der Waals surface area contributed by atoms with Gasteiger partial charge in [0.05, 0.1) is 12.1 Å². The van der Waals surface area contributed by atoms with Gasteiger partial charge in [0.25, 0.3) is 0 Å². The van der Waals surface area contributed by atoms with Crippen LogP contribution < -0.4 is 10.6 Å². The van der Waals surface area contributed by atoms with Crippen LogP contribution in [-0.4, -0.2) is 23.3 Å². The van der Waals surface area contributed by atoms with E-state index < -0.39 is 5.41 Å². The first-order chi connectivity index (χ1) is 11.3. The first kappa shape index (κ1) is 18.6. The molecule has 0 saturated heterocycles. The Kier molecular flexibility index (Phi) is 6.54. The third-order valence-corrected chi connectivity index (χ3v) is 4.75. The molecule has 1 heterocycles. The van der Waals surface area contributed by atoms with E-state index in [1.165, 1.54) is 42.6 Å². The molecule has 1 aliphatic rings. The molecule has 0 unspecified atom stereocenters. The monoisotopic (exact) mass is 349 g/mol. The summed E-state index contributed by atoms with van der Waals surface area (Å²) < 4.78 is 0. The molecule has 1 aliphatic carbocycles. The number of nitrogens with one attached hydrogen (secondary N) is 2. The molecular weight excluding hydrogens is 322 g/mol. The number of thiazole rings is 1. The van der Waals surface area contributed by atoms with Gasteiger partial charge in [0.2, 0.25) is 11.8 Å². The topological polar surface area (TPSA) is 71.1 Å². The van der Waals surface area contributed by atoms with Gasteiger partial charge < -0.3 is 10.6 Å². The van der Waals surface area contributed by atoms with Crippen LogP contribution in [0.15, 0.2) is 17.0 Å². The van der Waals surface area contributed by atoms with Gasteiger partial charge in [0, 0.05) is 17.3 Å². The molecule has 24 heavy (non-hydrogen) atoms. The first-order valence-electron chi connectivity index (χ1n) is 8.55. The van der Waals surface area contributed by atoms with E-state index in [-0.39, 0.29) is 18.2 Å². The van der Waals surface area contributed by atoms with Crippen LogP contribution in [0.4, 0.5) is 5.13 Å². The summed E-state index contributed by atoms with van der Waals surface area (Å²) in [7, 11) is 0. The summed E-state index contributed by atoms with van der Waals surface area (Å²) in [5.74, 6) is -0.0981. The molecule has 0 aromatic carbocycles. The van der Waals surface area contributed by atoms with Gasteiger partial charge in [-0.05, 0) is 32.1 Å². The summed E-state index contributed by atoms with van der Waals surface area (Å²) in [6.07, 6.45) is 8.39. The molecule has 0 bridgehead atoms. The van der Waals surface area contributed by atoms with Crippen molar-refractivity contribution < 1.29 is 9.59 Å². The van der Waals surface area contributed by atoms with Crippen LogP contribution in [0.5, 0.6) is 0 Å². The zero-order valence-corrected chi connectivity index (χ0v) is 15.6. The predicted molar refractivity (Wildman–Crippen MR) is 98.1 cm³/mol. The standard InChI is InChI=1S/C18H27N3O2S/c1-18(2,3)16(23)21-17-20-14(12-24-17)11-15(22)19-10-9-13-7-5-4-6-8-13/h7,12H,4-6,8-11H2,1-3H3,(H,19,22)(H,20,21,23). The van der Waals surface area contributed by atoms with Gasteiger partial charge in [-0.3, -0.25) is 9.59 Å². The molecule has 0 aliphatic heterocycles. The Morgan fingerprint density at radius 2 is 2.08 bits per heavy atom. The van der Waals surface area contributed by atoms with Gasteiger partial charge in [0.1, 0.15) is 0 Å². The molecule has 0 atom stereocenters. The highest BCUT2D eigenvalue weighted by atomic mass is 32.1. The van der Waals surface area contributed by atoms with Crippen LogP contribution in [-0.2, 0) is 16.0 Å². The van der Waals surface area contributed by atoms with Crippen LogP contribution in [0.1, 0.15) is 58.6 Å². The smallest absolute Gasteiger partial charge is 0.231 e. The number of aromatic nitrogens is 1. The highest BCUT2D eigenvalue weighted by Crippen LogP contribution is 2.21. The van der Waals surface area contributed by atoms with Crippen LogP contribution in [0.3, 0.4) is 0 Å². The van der Waals surface area contributed by atoms with Crippen molar-refractivity contribution in [3.63, 3.8) is 0 Å². The molecule has 2 rings (SSSR count). The Morgan fingerprint density at radius 3 is 2.75 bits per heavy atom. The Morgan fingerprint density at radius 1 is 1.29 bits per heavy atom. The number of carbonyl (C=O) groups excluding carboxylic acids is 2. The van der Waals surface area contributed by atoms with Crippen molar-refractivity contribution in [1.29, 1.82) is 0 Å². The molecule has 2 N–H and O–H groups in total. The average Bonchev–Trinajstić information content (AvgIpc) is 2.94. The van der Waals surface area contributed by atoms with Gasteiger partial charge in [-0.15, -0.1) is 11.3 Å². The summed E-state index contributed by atoms with van der Waals surface area (Å²) in [4.78, 5) is 28.2. The zero-order valence-electron chi connectivity index (χ0n) is 14.8. The van der Waals surface area contributed by atoms with E-state index in [2.05, 4.69) is 21.7 Å². The van der Waals surface area contributed by atoms with Crippen molar-refractivity contribution >= 4 is 28.3 Å². The zero-order chi connectivity index (χ0) is 17.6. The molecule has 1 aromatic rings. The lowest BCUT2D eigenvalue weighted by atomic mass is 9.96. The number of anilines is 1. The quantitative estimate of drug-likeness (QED) is 0.770. The molecule has 0 radical (unpaired) electrons. The second-order valence-electron chi connectivity index (χ2n) is 7.23. The molecule has 1 aromatic heterocycles. The average molecular weight is 350 g/mol. The Labute approximate surface area is 147 Å². The second kappa shape index (κ2) is 8.42. The maximum Gasteiger partial charge on any atom is 0.231 e. The summed E-state index contributed by atoms with van der Waals surface area (Å²) in [6, 6.07) is 0. The van der Waals surface area contributed by atoms with Crippen molar-refractivity contribution in [3.05, 3.63) is 22.7 Å². The van der Waals surface area contributed by atoms with Gasteiger partial charge >= 0.3 is 0 Å². The molecule has 6 heteroatoms. The van der Waals surface area contributed by atoms with E-state index in [1.54, 1.807) is 0 Å². The van der Waals surface area contributed by atoms with Crippen molar-refractivity contribution in [3.8, 4) is 0 Å². The normalized spacial score (nSPS) is 14.9. The van der Waals surface area contributed by atoms with Crippen molar-refractivity contribution in [1.82, 2.24) is 10.3 Å². The number of hydrogen-bond donors (Lipinski definition) is 2. The molecule has 2 amide bonds. The minimum atomic E-state index is -0.461. The van der Waals surface area contributed by atoms with Crippen molar-refractivity contribution in [2.75, 3.05) is 11.9 Å². The van der Waals surface area contributed by atoms with Crippen LogP contribution in [0.25, 0.3) is 0 Å². The van der Waals surface area contributed by atoms with Crippen LogP contribution in [0, 0.1) is 5.41 Å². The van der Waals surface area contributed by atoms with Crippen molar-refractivity contribution in [2.24, 2.45) is 5.41 Å². The fraction of sp³-hybridized carbons (Fsp3) is 0.611. The second-order valence-corrected chi connectivity index (χ2v) is 8.09. The predicted octanol–water partition coefficient (Wildman–Crippen LogP) is 3.68. The fourth-order valence-corrected chi connectivity index (χ4v) is 3.16. The number of nitrogens with zero attached hydrogens (tertiary/aromatic N) is 1. The van der Waals surface area contributed by atoms with Gasteiger partial charge in [-0.25, -0.2) is 4.98 Å². The van der Waals surface area contributed by atoms with Crippen LogP contribution >= 0.6 is 11.3 Å². The highest BCUT2D eigenvalue weighted by Gasteiger charge is 2.22. The number of carbonyl (C=O) groups is 2. The van der Waals surface area contributed by atoms with Gasteiger partial charge in [-0.1, -0.05) is 32.4 Å². The van der Waals surface area contributed by atoms with E-state index in [9.17, 15) is 9.59 Å².